The Hall–Kier alpha value is -3.15. The highest BCUT2D eigenvalue weighted by molar-refractivity contribution is 6.00. The number of hydrogen-bond donors (Lipinski definition) is 1. The van der Waals surface area contributed by atoms with Crippen molar-refractivity contribution in [3.05, 3.63) is 65.7 Å². The zero-order valence-electron chi connectivity index (χ0n) is 18.0. The van der Waals surface area contributed by atoms with E-state index in [1.165, 1.54) is 0 Å². The van der Waals surface area contributed by atoms with Gasteiger partial charge < -0.3 is 15.1 Å². The molecule has 0 aromatic heterocycles. The number of nitrogens with one attached hydrogen (secondary N) is 1. The van der Waals surface area contributed by atoms with Crippen molar-refractivity contribution in [2.45, 2.75) is 38.0 Å². The molecule has 31 heavy (non-hydrogen) atoms. The predicted molar refractivity (Wildman–Crippen MR) is 120 cm³/mol. The van der Waals surface area contributed by atoms with E-state index in [1.54, 1.807) is 36.1 Å². The van der Waals surface area contributed by atoms with Crippen molar-refractivity contribution in [3.63, 3.8) is 0 Å². The molecule has 2 saturated heterocycles. The second-order valence-corrected chi connectivity index (χ2v) is 8.48. The first kappa shape index (κ1) is 21.1. The fraction of sp³-hybridized carbons (Fsp3) is 0.400. The van der Waals surface area contributed by atoms with Crippen molar-refractivity contribution in [3.8, 4) is 0 Å². The van der Waals surface area contributed by atoms with Crippen LogP contribution in [0.1, 0.15) is 48.5 Å². The first-order valence-corrected chi connectivity index (χ1v) is 11.0. The van der Waals surface area contributed by atoms with Gasteiger partial charge in [0.2, 0.25) is 11.8 Å². The smallest absolute Gasteiger partial charge is 0.253 e. The standard InChI is InChI=1S/C25H29N3O3/c1-19(29)27-17-13-25(14-18-27,21-7-3-2-4-8-21)24(31)26-22-11-9-20(10-12-22)23(30)28-15-5-6-16-28/h2-4,7-12H,5-6,13-18H2,1H3,(H,26,31). The zero-order valence-corrected chi connectivity index (χ0v) is 18.0. The monoisotopic (exact) mass is 419 g/mol. The molecule has 2 aromatic carbocycles. The van der Waals surface area contributed by atoms with Crippen LogP contribution in [0.5, 0.6) is 0 Å². The van der Waals surface area contributed by atoms with Crippen LogP contribution < -0.4 is 5.32 Å². The summed E-state index contributed by atoms with van der Waals surface area (Å²) in [6.07, 6.45) is 3.27. The molecule has 2 heterocycles. The number of nitrogens with zero attached hydrogens (tertiary/aromatic N) is 2. The number of amides is 3. The molecule has 3 amide bonds. The Morgan fingerprint density at radius 2 is 1.42 bits per heavy atom. The molecule has 2 aromatic rings. The highest BCUT2D eigenvalue weighted by Gasteiger charge is 2.43. The molecule has 6 heteroatoms. The second kappa shape index (κ2) is 8.92. The van der Waals surface area contributed by atoms with Crippen LogP contribution in [0.15, 0.2) is 54.6 Å². The molecule has 0 saturated carbocycles. The summed E-state index contributed by atoms with van der Waals surface area (Å²) < 4.78 is 0. The second-order valence-electron chi connectivity index (χ2n) is 8.48. The van der Waals surface area contributed by atoms with Crippen LogP contribution in [0, 0.1) is 0 Å². The molecule has 2 fully saturated rings. The molecule has 1 N–H and O–H groups in total. The topological polar surface area (TPSA) is 69.7 Å². The maximum absolute atomic E-state index is 13.5. The van der Waals surface area contributed by atoms with Crippen molar-refractivity contribution in [2.75, 3.05) is 31.5 Å². The summed E-state index contributed by atoms with van der Waals surface area (Å²) in [6.45, 7) is 4.31. The highest BCUT2D eigenvalue weighted by Crippen LogP contribution is 2.37. The zero-order chi connectivity index (χ0) is 21.8. The summed E-state index contributed by atoms with van der Waals surface area (Å²) in [5.41, 5.74) is 1.60. The van der Waals surface area contributed by atoms with Crippen molar-refractivity contribution < 1.29 is 14.4 Å². The highest BCUT2D eigenvalue weighted by atomic mass is 16.2. The molecule has 2 aliphatic rings. The van der Waals surface area contributed by atoms with Crippen LogP contribution in [-0.4, -0.2) is 53.7 Å². The van der Waals surface area contributed by atoms with E-state index in [4.69, 9.17) is 0 Å². The lowest BCUT2D eigenvalue weighted by molar-refractivity contribution is -0.133. The van der Waals surface area contributed by atoms with Gasteiger partial charge >= 0.3 is 0 Å². The minimum absolute atomic E-state index is 0.0420. The molecule has 2 aliphatic heterocycles. The van der Waals surface area contributed by atoms with Crippen molar-refractivity contribution in [1.82, 2.24) is 9.80 Å². The molecule has 4 rings (SSSR count). The van der Waals surface area contributed by atoms with Gasteiger partial charge in [0.1, 0.15) is 0 Å². The van der Waals surface area contributed by atoms with E-state index in [2.05, 4.69) is 5.32 Å². The Labute approximate surface area is 183 Å². The predicted octanol–water partition coefficient (Wildman–Crippen LogP) is 3.44. The summed E-state index contributed by atoms with van der Waals surface area (Å²) in [4.78, 5) is 41.5. The molecule has 0 unspecified atom stereocenters. The Morgan fingerprint density at radius 1 is 0.806 bits per heavy atom. The van der Waals surface area contributed by atoms with Gasteiger partial charge in [-0.1, -0.05) is 30.3 Å². The summed E-state index contributed by atoms with van der Waals surface area (Å²) in [5, 5.41) is 3.06. The van der Waals surface area contributed by atoms with Crippen LogP contribution >= 0.6 is 0 Å². The molecule has 162 valence electrons. The Kier molecular flexibility index (Phi) is 6.07. The largest absolute Gasteiger partial charge is 0.343 e. The van der Waals surface area contributed by atoms with Gasteiger partial charge in [0.25, 0.3) is 5.91 Å². The average Bonchev–Trinajstić information content (AvgIpc) is 3.34. The van der Waals surface area contributed by atoms with Gasteiger partial charge in [0.05, 0.1) is 5.41 Å². The van der Waals surface area contributed by atoms with E-state index in [0.29, 0.717) is 37.2 Å². The molecule has 0 aliphatic carbocycles. The summed E-state index contributed by atoms with van der Waals surface area (Å²) in [6, 6.07) is 17.0. The van der Waals surface area contributed by atoms with Crippen LogP contribution in [0.25, 0.3) is 0 Å². The van der Waals surface area contributed by atoms with E-state index in [1.807, 2.05) is 35.2 Å². The van der Waals surface area contributed by atoms with Crippen molar-refractivity contribution >= 4 is 23.4 Å². The lowest BCUT2D eigenvalue weighted by atomic mass is 9.72. The number of hydrogen-bond acceptors (Lipinski definition) is 3. The maximum Gasteiger partial charge on any atom is 0.253 e. The number of piperidine rings is 1. The summed E-state index contributed by atoms with van der Waals surface area (Å²) >= 11 is 0. The van der Waals surface area contributed by atoms with Gasteiger partial charge in [-0.3, -0.25) is 14.4 Å². The number of carbonyl (C=O) groups is 3. The Balaban J connectivity index is 1.51. The maximum atomic E-state index is 13.5. The Bertz CT molecular complexity index is 942. The van der Waals surface area contributed by atoms with Crippen LogP contribution in [0.3, 0.4) is 0 Å². The van der Waals surface area contributed by atoms with Crippen LogP contribution in [-0.2, 0) is 15.0 Å². The average molecular weight is 420 g/mol. The molecule has 0 bridgehead atoms. The first-order chi connectivity index (χ1) is 15.0. The molecular formula is C25H29N3O3. The fourth-order valence-electron chi connectivity index (χ4n) is 4.66. The minimum atomic E-state index is -0.683. The molecule has 6 nitrogen and oxygen atoms in total. The van der Waals surface area contributed by atoms with E-state index in [9.17, 15) is 14.4 Å². The summed E-state index contributed by atoms with van der Waals surface area (Å²) in [5.74, 6) is 0.0218. The quantitative estimate of drug-likeness (QED) is 0.825. The van der Waals surface area contributed by atoms with Gasteiger partial charge in [-0.25, -0.2) is 0 Å². The third kappa shape index (κ3) is 4.33. The minimum Gasteiger partial charge on any atom is -0.343 e. The van der Waals surface area contributed by atoms with Gasteiger partial charge in [0.15, 0.2) is 0 Å². The number of likely N-dealkylation sites (tertiary alicyclic amines) is 2. The van der Waals surface area contributed by atoms with Gasteiger partial charge in [-0.2, -0.15) is 0 Å². The fourth-order valence-corrected chi connectivity index (χ4v) is 4.66. The van der Waals surface area contributed by atoms with Crippen LogP contribution in [0.4, 0.5) is 5.69 Å². The molecule has 0 atom stereocenters. The SMILES string of the molecule is CC(=O)N1CCC(C(=O)Nc2ccc(C(=O)N3CCCC3)cc2)(c2ccccc2)CC1. The number of carbonyl (C=O) groups excluding carboxylic acids is 3. The normalized spacial score (nSPS) is 18.0. The van der Waals surface area contributed by atoms with E-state index in [-0.39, 0.29) is 17.7 Å². The summed E-state index contributed by atoms with van der Waals surface area (Å²) in [7, 11) is 0. The Morgan fingerprint density at radius 3 is 2.00 bits per heavy atom. The van der Waals surface area contributed by atoms with E-state index in [0.717, 1.165) is 31.5 Å². The molecule has 0 radical (unpaired) electrons. The third-order valence-corrected chi connectivity index (χ3v) is 6.61. The first-order valence-electron chi connectivity index (χ1n) is 11.0. The third-order valence-electron chi connectivity index (χ3n) is 6.61. The number of rotatable bonds is 4. The van der Waals surface area contributed by atoms with Gasteiger partial charge in [-0.15, -0.1) is 0 Å². The van der Waals surface area contributed by atoms with E-state index >= 15 is 0 Å². The lowest BCUT2D eigenvalue weighted by Crippen LogP contribution is -2.50. The molecular weight excluding hydrogens is 390 g/mol. The van der Waals surface area contributed by atoms with Crippen LogP contribution in [0.2, 0.25) is 0 Å². The van der Waals surface area contributed by atoms with Crippen molar-refractivity contribution in [2.24, 2.45) is 0 Å². The number of anilines is 1. The van der Waals surface area contributed by atoms with E-state index < -0.39 is 5.41 Å². The molecule has 0 spiro atoms. The van der Waals surface area contributed by atoms with Gasteiger partial charge in [0, 0.05) is 44.4 Å². The van der Waals surface area contributed by atoms with Crippen molar-refractivity contribution in [1.29, 1.82) is 0 Å². The number of benzene rings is 2. The lowest BCUT2D eigenvalue weighted by Gasteiger charge is -2.40. The van der Waals surface area contributed by atoms with Gasteiger partial charge in [-0.05, 0) is 55.5 Å².